The molecular formula is C18H28N2O. The molecule has 2 rings (SSSR count). The summed E-state index contributed by atoms with van der Waals surface area (Å²) in [6.45, 7) is 7.23. The summed E-state index contributed by atoms with van der Waals surface area (Å²) in [5.41, 5.74) is 2.91. The number of nitrogens with one attached hydrogen (secondary N) is 2. The first-order valence-corrected chi connectivity index (χ1v) is 8.29. The van der Waals surface area contributed by atoms with Crippen LogP contribution in [0.25, 0.3) is 0 Å². The number of benzene rings is 1. The number of carbonyl (C=O) groups is 1. The molecule has 0 bridgehead atoms. The van der Waals surface area contributed by atoms with Crippen LogP contribution in [0.3, 0.4) is 0 Å². The second-order valence-electron chi connectivity index (χ2n) is 6.16. The fourth-order valence-electron chi connectivity index (χ4n) is 3.21. The Bertz CT molecular complexity index is 476. The molecule has 1 saturated carbocycles. The molecule has 21 heavy (non-hydrogen) atoms. The van der Waals surface area contributed by atoms with Crippen LogP contribution in [0.1, 0.15) is 61.9 Å². The van der Waals surface area contributed by atoms with Crippen molar-refractivity contribution in [3.63, 3.8) is 0 Å². The highest BCUT2D eigenvalue weighted by molar-refractivity contribution is 5.96. The van der Waals surface area contributed by atoms with Crippen molar-refractivity contribution >= 4 is 11.6 Å². The first kappa shape index (κ1) is 15.9. The van der Waals surface area contributed by atoms with Gasteiger partial charge in [-0.3, -0.25) is 4.79 Å². The number of carbonyl (C=O) groups excluding carboxylic acids is 1. The van der Waals surface area contributed by atoms with Crippen LogP contribution < -0.4 is 10.6 Å². The third-order valence-corrected chi connectivity index (χ3v) is 4.61. The van der Waals surface area contributed by atoms with E-state index >= 15 is 0 Å². The molecule has 3 heteroatoms. The fourth-order valence-corrected chi connectivity index (χ4v) is 3.21. The summed E-state index contributed by atoms with van der Waals surface area (Å²) in [6, 6.07) is 6.32. The molecule has 1 fully saturated rings. The Balaban J connectivity index is 1.94. The predicted molar refractivity (Wildman–Crippen MR) is 88.8 cm³/mol. The molecule has 1 aromatic carbocycles. The van der Waals surface area contributed by atoms with Crippen molar-refractivity contribution in [1.82, 2.24) is 5.32 Å². The van der Waals surface area contributed by atoms with Crippen LogP contribution in [0.15, 0.2) is 18.2 Å². The molecule has 0 aromatic heterocycles. The summed E-state index contributed by atoms with van der Waals surface area (Å²) in [7, 11) is 0. The Kier molecular flexibility index (Phi) is 5.66. The van der Waals surface area contributed by atoms with E-state index in [0.717, 1.165) is 42.1 Å². The van der Waals surface area contributed by atoms with Crippen molar-refractivity contribution in [3.05, 3.63) is 29.3 Å². The van der Waals surface area contributed by atoms with Gasteiger partial charge in [0.2, 0.25) is 0 Å². The normalized spacial score (nSPS) is 21.9. The third kappa shape index (κ3) is 4.23. The van der Waals surface area contributed by atoms with E-state index in [2.05, 4.69) is 24.5 Å². The maximum Gasteiger partial charge on any atom is 0.251 e. The van der Waals surface area contributed by atoms with Gasteiger partial charge >= 0.3 is 0 Å². The zero-order valence-corrected chi connectivity index (χ0v) is 13.5. The Morgan fingerprint density at radius 3 is 2.48 bits per heavy atom. The zero-order chi connectivity index (χ0) is 15.2. The van der Waals surface area contributed by atoms with Crippen molar-refractivity contribution < 1.29 is 4.79 Å². The molecule has 0 saturated heterocycles. The van der Waals surface area contributed by atoms with E-state index in [1.54, 1.807) is 0 Å². The minimum Gasteiger partial charge on any atom is -0.385 e. The molecule has 2 N–H and O–H groups in total. The van der Waals surface area contributed by atoms with Gasteiger partial charge in [-0.05, 0) is 69.2 Å². The quantitative estimate of drug-likeness (QED) is 0.855. The van der Waals surface area contributed by atoms with E-state index in [1.807, 2.05) is 25.1 Å². The van der Waals surface area contributed by atoms with Crippen molar-refractivity contribution in [3.8, 4) is 0 Å². The summed E-state index contributed by atoms with van der Waals surface area (Å²) in [5, 5.41) is 6.49. The van der Waals surface area contributed by atoms with Crippen LogP contribution >= 0.6 is 0 Å². The van der Waals surface area contributed by atoms with Crippen molar-refractivity contribution in [2.45, 2.75) is 58.9 Å². The smallest absolute Gasteiger partial charge is 0.251 e. The lowest BCUT2D eigenvalue weighted by Crippen LogP contribution is -2.37. The van der Waals surface area contributed by atoms with Gasteiger partial charge in [-0.25, -0.2) is 0 Å². The number of aryl methyl sites for hydroxylation is 1. The van der Waals surface area contributed by atoms with Crippen LogP contribution in [0, 0.1) is 12.8 Å². The van der Waals surface area contributed by atoms with Crippen LogP contribution in [0.4, 0.5) is 5.69 Å². The van der Waals surface area contributed by atoms with E-state index in [0.29, 0.717) is 6.04 Å². The largest absolute Gasteiger partial charge is 0.385 e. The SMILES string of the molecule is CCNc1ccc(C(=O)NC2CCC(CC)CC2)c(C)c1. The Morgan fingerprint density at radius 2 is 1.90 bits per heavy atom. The minimum atomic E-state index is 0.0792. The lowest BCUT2D eigenvalue weighted by atomic mass is 9.84. The van der Waals surface area contributed by atoms with Crippen LogP contribution in [-0.2, 0) is 0 Å². The number of rotatable bonds is 5. The van der Waals surface area contributed by atoms with Crippen molar-refractivity contribution in [1.29, 1.82) is 0 Å². The minimum absolute atomic E-state index is 0.0792. The summed E-state index contributed by atoms with van der Waals surface area (Å²) < 4.78 is 0. The van der Waals surface area contributed by atoms with Gasteiger partial charge in [0.05, 0.1) is 0 Å². The van der Waals surface area contributed by atoms with Gasteiger partial charge in [-0.1, -0.05) is 13.3 Å². The average molecular weight is 288 g/mol. The molecule has 1 aliphatic carbocycles. The maximum absolute atomic E-state index is 12.4. The van der Waals surface area contributed by atoms with Gasteiger partial charge < -0.3 is 10.6 Å². The van der Waals surface area contributed by atoms with Crippen LogP contribution in [-0.4, -0.2) is 18.5 Å². The number of hydrogen-bond donors (Lipinski definition) is 2. The molecule has 1 amide bonds. The van der Waals surface area contributed by atoms with E-state index < -0.39 is 0 Å². The van der Waals surface area contributed by atoms with Crippen LogP contribution in [0.2, 0.25) is 0 Å². The monoisotopic (exact) mass is 288 g/mol. The summed E-state index contributed by atoms with van der Waals surface area (Å²) in [5.74, 6) is 0.940. The highest BCUT2D eigenvalue weighted by atomic mass is 16.1. The Hall–Kier alpha value is -1.51. The summed E-state index contributed by atoms with van der Waals surface area (Å²) >= 11 is 0. The highest BCUT2D eigenvalue weighted by Gasteiger charge is 2.22. The molecule has 0 atom stereocenters. The zero-order valence-electron chi connectivity index (χ0n) is 13.5. The summed E-state index contributed by atoms with van der Waals surface area (Å²) in [6.07, 6.45) is 6.02. The molecule has 0 radical (unpaired) electrons. The molecule has 116 valence electrons. The number of hydrogen-bond acceptors (Lipinski definition) is 2. The van der Waals surface area contributed by atoms with E-state index in [1.165, 1.54) is 19.3 Å². The van der Waals surface area contributed by atoms with Gasteiger partial charge in [0.1, 0.15) is 0 Å². The fraction of sp³-hybridized carbons (Fsp3) is 0.611. The second-order valence-corrected chi connectivity index (χ2v) is 6.16. The van der Waals surface area contributed by atoms with E-state index in [4.69, 9.17) is 0 Å². The molecule has 1 aromatic rings. The van der Waals surface area contributed by atoms with Gasteiger partial charge in [0.25, 0.3) is 5.91 Å². The topological polar surface area (TPSA) is 41.1 Å². The van der Waals surface area contributed by atoms with Crippen molar-refractivity contribution in [2.24, 2.45) is 5.92 Å². The third-order valence-electron chi connectivity index (χ3n) is 4.61. The molecule has 0 unspecified atom stereocenters. The molecule has 0 heterocycles. The second kappa shape index (κ2) is 7.48. The number of amides is 1. The Morgan fingerprint density at radius 1 is 1.19 bits per heavy atom. The molecule has 0 aliphatic heterocycles. The average Bonchev–Trinajstić information content (AvgIpc) is 2.48. The van der Waals surface area contributed by atoms with Gasteiger partial charge in [-0.15, -0.1) is 0 Å². The number of anilines is 1. The molecule has 1 aliphatic rings. The van der Waals surface area contributed by atoms with Gasteiger partial charge in [0.15, 0.2) is 0 Å². The molecular weight excluding hydrogens is 260 g/mol. The van der Waals surface area contributed by atoms with Crippen LogP contribution in [0.5, 0.6) is 0 Å². The highest BCUT2D eigenvalue weighted by Crippen LogP contribution is 2.26. The Labute approximate surface area is 128 Å². The summed E-state index contributed by atoms with van der Waals surface area (Å²) in [4.78, 5) is 12.4. The van der Waals surface area contributed by atoms with Gasteiger partial charge in [-0.2, -0.15) is 0 Å². The molecule has 3 nitrogen and oxygen atoms in total. The van der Waals surface area contributed by atoms with E-state index in [9.17, 15) is 4.79 Å². The standard InChI is InChI=1S/C18H28N2O/c1-4-14-6-8-15(9-7-14)20-18(21)17-11-10-16(19-5-2)12-13(17)3/h10-12,14-15,19H,4-9H2,1-3H3,(H,20,21). The predicted octanol–water partition coefficient (Wildman–Crippen LogP) is 4.13. The van der Waals surface area contributed by atoms with Crippen molar-refractivity contribution in [2.75, 3.05) is 11.9 Å². The first-order chi connectivity index (χ1) is 10.1. The first-order valence-electron chi connectivity index (χ1n) is 8.29. The van der Waals surface area contributed by atoms with Gasteiger partial charge in [0, 0.05) is 23.8 Å². The lowest BCUT2D eigenvalue weighted by molar-refractivity contribution is 0.0921. The molecule has 0 spiro atoms. The lowest BCUT2D eigenvalue weighted by Gasteiger charge is -2.28. The maximum atomic E-state index is 12.4. The van der Waals surface area contributed by atoms with E-state index in [-0.39, 0.29) is 5.91 Å².